The fraction of sp³-hybridized carbons (Fsp3) is 1.00. The van der Waals surface area contributed by atoms with Gasteiger partial charge in [0.15, 0.2) is 12.1 Å². The second-order valence-electron chi connectivity index (χ2n) is 6.63. The Bertz CT molecular complexity index is 389. The first-order valence-corrected chi connectivity index (χ1v) is 7.56. The molecule has 8 nitrogen and oxygen atoms in total. The largest absolute Gasteiger partial charge is 0.394 e. The smallest absolute Gasteiger partial charge is 0.183 e. The first-order valence-electron chi connectivity index (χ1n) is 7.56. The van der Waals surface area contributed by atoms with Crippen LogP contribution in [0.3, 0.4) is 0 Å². The van der Waals surface area contributed by atoms with E-state index >= 15 is 0 Å². The van der Waals surface area contributed by atoms with Crippen LogP contribution in [0.1, 0.15) is 33.6 Å². The van der Waals surface area contributed by atoms with Gasteiger partial charge in [-0.15, -0.1) is 0 Å². The van der Waals surface area contributed by atoms with Crippen molar-refractivity contribution < 1.29 is 34.6 Å². The minimum absolute atomic E-state index is 0.393. The van der Waals surface area contributed by atoms with Crippen LogP contribution >= 0.6 is 0 Å². The summed E-state index contributed by atoms with van der Waals surface area (Å²) in [7, 11) is 0. The lowest BCUT2D eigenvalue weighted by Crippen LogP contribution is -2.64. The molecule has 22 heavy (non-hydrogen) atoms. The average Bonchev–Trinajstić information content (AvgIpc) is 2.43. The third-order valence-electron chi connectivity index (χ3n) is 4.73. The van der Waals surface area contributed by atoms with E-state index in [4.69, 9.17) is 25.1 Å². The topological polar surface area (TPSA) is 135 Å². The van der Waals surface area contributed by atoms with Gasteiger partial charge in [-0.05, 0) is 27.2 Å². The van der Waals surface area contributed by atoms with Gasteiger partial charge in [0.1, 0.15) is 24.4 Å². The Kier molecular flexibility index (Phi) is 5.15. The highest BCUT2D eigenvalue weighted by Gasteiger charge is 2.50. The van der Waals surface area contributed by atoms with E-state index in [9.17, 15) is 15.3 Å². The molecule has 2 heterocycles. The maximum Gasteiger partial charge on any atom is 0.183 e. The molecule has 6 N–H and O–H groups in total. The molecule has 0 saturated carbocycles. The van der Waals surface area contributed by atoms with Crippen molar-refractivity contribution in [3.05, 3.63) is 0 Å². The minimum Gasteiger partial charge on any atom is -0.394 e. The van der Waals surface area contributed by atoms with Crippen LogP contribution < -0.4 is 5.73 Å². The van der Waals surface area contributed by atoms with Crippen LogP contribution in [0.4, 0.5) is 0 Å². The molecule has 2 rings (SSSR count). The van der Waals surface area contributed by atoms with E-state index in [0.717, 1.165) is 0 Å². The zero-order valence-corrected chi connectivity index (χ0v) is 13.2. The fourth-order valence-corrected chi connectivity index (χ4v) is 2.84. The summed E-state index contributed by atoms with van der Waals surface area (Å²) in [4.78, 5) is 0. The quantitative estimate of drug-likeness (QED) is 0.421. The van der Waals surface area contributed by atoms with Gasteiger partial charge in [-0.2, -0.15) is 0 Å². The lowest BCUT2D eigenvalue weighted by atomic mass is 9.85. The number of aliphatic hydroxyl groups is 4. The monoisotopic (exact) mass is 321 g/mol. The molecular weight excluding hydrogens is 294 g/mol. The second kappa shape index (κ2) is 6.29. The third-order valence-corrected chi connectivity index (χ3v) is 4.73. The van der Waals surface area contributed by atoms with Gasteiger partial charge in [0.05, 0.1) is 18.2 Å². The van der Waals surface area contributed by atoms with E-state index in [1.807, 2.05) is 0 Å². The minimum atomic E-state index is -1.56. The number of nitrogens with two attached hydrogens (primary N) is 1. The van der Waals surface area contributed by atoms with Crippen LogP contribution in [0.5, 0.6) is 0 Å². The van der Waals surface area contributed by atoms with Gasteiger partial charge in [0.2, 0.25) is 0 Å². The molecule has 0 aromatic rings. The Hall–Kier alpha value is -0.320. The van der Waals surface area contributed by atoms with Gasteiger partial charge in [-0.25, -0.2) is 0 Å². The van der Waals surface area contributed by atoms with E-state index in [0.29, 0.717) is 12.8 Å². The second-order valence-corrected chi connectivity index (χ2v) is 6.63. The summed E-state index contributed by atoms with van der Waals surface area (Å²) in [6, 6.07) is 0. The highest BCUT2D eigenvalue weighted by Crippen LogP contribution is 2.35. The van der Waals surface area contributed by atoms with Crippen molar-refractivity contribution in [2.75, 3.05) is 6.61 Å². The molecule has 0 aliphatic carbocycles. The fourth-order valence-electron chi connectivity index (χ4n) is 2.84. The van der Waals surface area contributed by atoms with Crippen molar-refractivity contribution in [1.82, 2.24) is 0 Å². The van der Waals surface area contributed by atoms with Crippen LogP contribution in [0.15, 0.2) is 0 Å². The van der Waals surface area contributed by atoms with E-state index in [1.165, 1.54) is 6.92 Å². The molecule has 0 bridgehead atoms. The normalized spacial score (nSPS) is 53.5. The predicted molar refractivity (Wildman–Crippen MR) is 75.6 cm³/mol. The summed E-state index contributed by atoms with van der Waals surface area (Å²) in [6.07, 6.45) is -4.56. The highest BCUT2D eigenvalue weighted by molar-refractivity contribution is 4.96. The van der Waals surface area contributed by atoms with Crippen molar-refractivity contribution in [3.63, 3.8) is 0 Å². The summed E-state index contributed by atoms with van der Waals surface area (Å²) >= 11 is 0. The van der Waals surface area contributed by atoms with Gasteiger partial charge >= 0.3 is 0 Å². The third kappa shape index (κ3) is 3.29. The molecule has 2 fully saturated rings. The molecule has 130 valence electrons. The van der Waals surface area contributed by atoms with Gasteiger partial charge in [0.25, 0.3) is 0 Å². The standard InChI is InChI=1S/C14H27NO7/c1-7-12(11(18)10(17)8(6-16)20-7)21-9-4-5-13(2,15)14(3,19)22-9/h7-12,16-19H,4-6,15H2,1-3H3. The molecule has 2 aliphatic heterocycles. The average molecular weight is 321 g/mol. The Morgan fingerprint density at radius 1 is 1.27 bits per heavy atom. The Labute approximate surface area is 129 Å². The number of ether oxygens (including phenoxy) is 3. The maximum atomic E-state index is 10.3. The molecule has 8 atom stereocenters. The Morgan fingerprint density at radius 3 is 2.45 bits per heavy atom. The van der Waals surface area contributed by atoms with Crippen LogP contribution in [0.25, 0.3) is 0 Å². The molecule has 8 heteroatoms. The van der Waals surface area contributed by atoms with Crippen LogP contribution in [0.2, 0.25) is 0 Å². The molecule has 2 aliphatic rings. The first kappa shape index (κ1) is 18.0. The SMILES string of the molecule is CC1OC(CO)C(O)C(O)C1OC1CCC(C)(N)C(C)(O)O1. The summed E-state index contributed by atoms with van der Waals surface area (Å²) in [5.41, 5.74) is 5.09. The van der Waals surface area contributed by atoms with E-state index in [-0.39, 0.29) is 0 Å². The lowest BCUT2D eigenvalue weighted by molar-refractivity contribution is -0.357. The molecular formula is C14H27NO7. The van der Waals surface area contributed by atoms with Gasteiger partial charge < -0.3 is 40.4 Å². The van der Waals surface area contributed by atoms with Crippen molar-refractivity contribution in [2.45, 2.75) is 81.7 Å². The zero-order valence-electron chi connectivity index (χ0n) is 13.2. The lowest BCUT2D eigenvalue weighted by Gasteiger charge is -2.48. The summed E-state index contributed by atoms with van der Waals surface area (Å²) in [5.74, 6) is -1.56. The number of hydrogen-bond donors (Lipinski definition) is 5. The molecule has 0 spiro atoms. The van der Waals surface area contributed by atoms with E-state index in [2.05, 4.69) is 0 Å². The first-order chi connectivity index (χ1) is 10.1. The van der Waals surface area contributed by atoms with Gasteiger partial charge in [-0.3, -0.25) is 0 Å². The molecule has 0 aromatic carbocycles. The number of rotatable bonds is 3. The van der Waals surface area contributed by atoms with Crippen molar-refractivity contribution in [2.24, 2.45) is 5.73 Å². The zero-order chi connectivity index (χ0) is 16.7. The molecule has 2 saturated heterocycles. The molecule has 0 amide bonds. The van der Waals surface area contributed by atoms with Crippen LogP contribution in [-0.2, 0) is 14.2 Å². The summed E-state index contributed by atoms with van der Waals surface area (Å²) in [6.45, 7) is 4.45. The van der Waals surface area contributed by atoms with Crippen molar-refractivity contribution >= 4 is 0 Å². The maximum absolute atomic E-state index is 10.3. The molecule has 0 radical (unpaired) electrons. The predicted octanol–water partition coefficient (Wildman–Crippen LogP) is -1.56. The van der Waals surface area contributed by atoms with Crippen molar-refractivity contribution in [1.29, 1.82) is 0 Å². The summed E-state index contributed by atoms with van der Waals surface area (Å²) in [5, 5.41) is 39.5. The summed E-state index contributed by atoms with van der Waals surface area (Å²) < 4.78 is 16.6. The van der Waals surface area contributed by atoms with Gasteiger partial charge in [-0.1, -0.05) is 0 Å². The highest BCUT2D eigenvalue weighted by atomic mass is 16.8. The number of aliphatic hydroxyl groups excluding tert-OH is 3. The van der Waals surface area contributed by atoms with Crippen LogP contribution in [-0.4, -0.2) is 75.2 Å². The van der Waals surface area contributed by atoms with E-state index < -0.39 is 54.7 Å². The molecule has 8 unspecified atom stereocenters. The van der Waals surface area contributed by atoms with E-state index in [1.54, 1.807) is 13.8 Å². The Morgan fingerprint density at radius 2 is 1.91 bits per heavy atom. The Balaban J connectivity index is 2.02. The number of hydrogen-bond acceptors (Lipinski definition) is 8. The van der Waals surface area contributed by atoms with Crippen molar-refractivity contribution in [3.8, 4) is 0 Å². The van der Waals surface area contributed by atoms with Gasteiger partial charge in [0, 0.05) is 6.42 Å². The van der Waals surface area contributed by atoms with Crippen LogP contribution in [0, 0.1) is 0 Å². The molecule has 0 aromatic heterocycles.